The number of fused-ring (bicyclic) bond motifs is 4. The predicted molar refractivity (Wildman–Crippen MR) is 137 cm³/mol. The summed E-state index contributed by atoms with van der Waals surface area (Å²) < 4.78 is 1.25. The molecule has 4 aromatic rings. The Hall–Kier alpha value is -1.28. The number of hydrogen-bond acceptors (Lipinski definition) is 2. The average molecular weight is 629 g/mol. The minimum atomic E-state index is 0. The predicted octanol–water partition coefficient (Wildman–Crippen LogP) is 7.94. The molecule has 0 spiro atoms. The summed E-state index contributed by atoms with van der Waals surface area (Å²) in [5.74, 6) is 0. The van der Waals surface area contributed by atoms with Gasteiger partial charge in [-0.2, -0.15) is 24.3 Å². The van der Waals surface area contributed by atoms with E-state index in [1.165, 1.54) is 32.5 Å². The first-order valence-electron chi connectivity index (χ1n) is 10.8. The molecular weight excluding hydrogens is 598 g/mol. The van der Waals surface area contributed by atoms with Crippen LogP contribution in [0, 0.1) is 6.07 Å². The van der Waals surface area contributed by atoms with Gasteiger partial charge < -0.3 is 0 Å². The molecule has 1 heterocycles. The van der Waals surface area contributed by atoms with Crippen LogP contribution < -0.4 is 0 Å². The Balaban J connectivity index is 0.000000504. The van der Waals surface area contributed by atoms with E-state index in [1.54, 1.807) is 11.3 Å². The SMILES string of the molecule is CCC1(CC)c2c[c-]ccc2-c2ccc(-c3nc4ccccc4s3)cc21.C[PH+](C)C.[Au+]. The van der Waals surface area contributed by atoms with Crippen LogP contribution in [0.2, 0.25) is 0 Å². The number of rotatable bonds is 3. The van der Waals surface area contributed by atoms with Gasteiger partial charge in [-0.05, 0) is 42.7 Å². The molecule has 1 nitrogen and oxygen atoms in total. The molecule has 0 unspecified atom stereocenters. The van der Waals surface area contributed by atoms with Crippen molar-refractivity contribution >= 4 is 29.5 Å². The molecule has 0 atom stereocenters. The Morgan fingerprint density at radius 2 is 1.61 bits per heavy atom. The van der Waals surface area contributed by atoms with Crippen LogP contribution in [-0.4, -0.2) is 25.0 Å². The zero-order valence-corrected chi connectivity index (χ0v) is 22.8. The maximum atomic E-state index is 4.87. The van der Waals surface area contributed by atoms with Gasteiger partial charge in [0.05, 0.1) is 10.2 Å². The number of thiazole rings is 1. The quantitative estimate of drug-likeness (QED) is 0.128. The number of nitrogens with zero attached hydrogens (tertiary/aromatic N) is 1. The first-order chi connectivity index (χ1) is 14.5. The molecule has 1 aromatic heterocycles. The number of benzene rings is 3. The first kappa shape index (κ1) is 24.4. The average Bonchev–Trinajstić information content (AvgIpc) is 3.30. The molecule has 0 saturated heterocycles. The third-order valence-corrected chi connectivity index (χ3v) is 7.04. The summed E-state index contributed by atoms with van der Waals surface area (Å²) in [6, 6.07) is 25.1. The largest absolute Gasteiger partial charge is 1.00 e. The molecule has 0 N–H and O–H groups in total. The monoisotopic (exact) mass is 628 g/mol. The molecule has 3 aromatic carbocycles. The number of hydrogen-bond donors (Lipinski definition) is 0. The van der Waals surface area contributed by atoms with Crippen LogP contribution in [0.4, 0.5) is 0 Å². The molecule has 0 saturated carbocycles. The van der Waals surface area contributed by atoms with Gasteiger partial charge in [-0.3, -0.25) is 0 Å². The van der Waals surface area contributed by atoms with Crippen LogP contribution in [0.3, 0.4) is 0 Å². The molecule has 0 radical (unpaired) electrons. The van der Waals surface area contributed by atoms with Crippen molar-refractivity contribution in [2.45, 2.75) is 32.1 Å². The smallest absolute Gasteiger partial charge is 0.236 e. The fourth-order valence-electron chi connectivity index (χ4n) is 4.52. The Kier molecular flexibility index (Phi) is 7.95. The zero-order chi connectivity index (χ0) is 21.3. The van der Waals surface area contributed by atoms with Gasteiger partial charge in [0.2, 0.25) is 0 Å². The molecule has 164 valence electrons. The van der Waals surface area contributed by atoms with E-state index in [0.29, 0.717) is 0 Å². The maximum absolute atomic E-state index is 4.87. The minimum Gasteiger partial charge on any atom is -0.236 e. The summed E-state index contributed by atoms with van der Waals surface area (Å²) in [5.41, 5.74) is 8.04. The molecule has 1 aliphatic carbocycles. The molecule has 0 fully saturated rings. The molecule has 0 amide bonds. The van der Waals surface area contributed by atoms with Crippen molar-refractivity contribution in [1.82, 2.24) is 4.98 Å². The van der Waals surface area contributed by atoms with Gasteiger partial charge in [0.15, 0.2) is 0 Å². The third kappa shape index (κ3) is 4.47. The van der Waals surface area contributed by atoms with E-state index in [-0.39, 0.29) is 35.7 Å². The van der Waals surface area contributed by atoms with Crippen LogP contribution >= 0.6 is 19.3 Å². The van der Waals surface area contributed by atoms with Crippen molar-refractivity contribution in [3.8, 4) is 21.7 Å². The summed E-state index contributed by atoms with van der Waals surface area (Å²) in [5, 5.41) is 1.11. The molecular formula is C27H30AuNPS+. The van der Waals surface area contributed by atoms with Gasteiger partial charge in [-0.1, -0.05) is 51.0 Å². The van der Waals surface area contributed by atoms with Crippen molar-refractivity contribution in [3.63, 3.8) is 0 Å². The Labute approximate surface area is 207 Å². The third-order valence-electron chi connectivity index (χ3n) is 5.95. The van der Waals surface area contributed by atoms with E-state index in [2.05, 4.69) is 94.5 Å². The van der Waals surface area contributed by atoms with Gasteiger partial charge in [0.1, 0.15) is 5.01 Å². The van der Waals surface area contributed by atoms with Crippen LogP contribution in [-0.2, 0) is 27.8 Å². The normalized spacial score (nSPS) is 13.2. The number of para-hydroxylation sites is 1. The van der Waals surface area contributed by atoms with Gasteiger partial charge in [-0.15, -0.1) is 22.5 Å². The van der Waals surface area contributed by atoms with Crippen molar-refractivity contribution in [1.29, 1.82) is 0 Å². The second-order valence-electron chi connectivity index (χ2n) is 8.51. The van der Waals surface area contributed by atoms with Gasteiger partial charge >= 0.3 is 22.4 Å². The molecule has 1 aliphatic rings. The van der Waals surface area contributed by atoms with Gasteiger partial charge in [0, 0.05) is 25.6 Å². The molecule has 31 heavy (non-hydrogen) atoms. The van der Waals surface area contributed by atoms with Crippen molar-refractivity contribution in [2.24, 2.45) is 0 Å². The van der Waals surface area contributed by atoms with Crippen molar-refractivity contribution in [2.75, 3.05) is 20.0 Å². The molecule has 4 heteroatoms. The molecule has 0 bridgehead atoms. The summed E-state index contributed by atoms with van der Waals surface area (Å²) in [6.07, 6.45) is 2.20. The van der Waals surface area contributed by atoms with E-state index < -0.39 is 0 Å². The first-order valence-corrected chi connectivity index (χ1v) is 14.6. The zero-order valence-electron chi connectivity index (χ0n) is 18.8. The van der Waals surface area contributed by atoms with Crippen molar-refractivity contribution in [3.05, 3.63) is 77.9 Å². The summed E-state index contributed by atoms with van der Waals surface area (Å²) in [4.78, 5) is 4.87. The maximum Gasteiger partial charge on any atom is 1.00 e. The van der Waals surface area contributed by atoms with E-state index in [0.717, 1.165) is 23.4 Å². The van der Waals surface area contributed by atoms with Crippen LogP contribution in [0.15, 0.2) is 60.7 Å². The van der Waals surface area contributed by atoms with Crippen molar-refractivity contribution < 1.29 is 22.4 Å². The fourth-order valence-corrected chi connectivity index (χ4v) is 5.48. The van der Waals surface area contributed by atoms with E-state index in [1.807, 2.05) is 6.07 Å². The van der Waals surface area contributed by atoms with E-state index in [4.69, 9.17) is 4.98 Å². The summed E-state index contributed by atoms with van der Waals surface area (Å²) >= 11 is 1.78. The second kappa shape index (κ2) is 10.1. The second-order valence-corrected chi connectivity index (χ2v) is 12.5. The fraction of sp³-hybridized carbons (Fsp3) is 0.296. The van der Waals surface area contributed by atoms with E-state index >= 15 is 0 Å². The van der Waals surface area contributed by atoms with E-state index in [9.17, 15) is 0 Å². The number of aromatic nitrogens is 1. The molecule has 5 rings (SSSR count). The Bertz CT molecular complexity index is 1140. The topological polar surface area (TPSA) is 12.9 Å². The summed E-state index contributed by atoms with van der Waals surface area (Å²) in [6.45, 7) is 11.4. The molecule has 0 aliphatic heterocycles. The Morgan fingerprint density at radius 3 is 2.29 bits per heavy atom. The summed E-state index contributed by atoms with van der Waals surface area (Å²) in [7, 11) is 0.120. The van der Waals surface area contributed by atoms with Crippen LogP contribution in [0.25, 0.3) is 31.9 Å². The van der Waals surface area contributed by atoms with Crippen LogP contribution in [0.5, 0.6) is 0 Å². The standard InChI is InChI=1S/C24H20NS.C3H9P.Au/c1-3-24(4-2)19-10-6-5-9-17(19)18-14-13-16(15-20(18)24)23-25-21-11-7-8-12-22(21)26-23;1-4(2)3;/h5,7-15H,3-4H2,1-2H3;1-3H3;/q-1;;+1/p+1. The Morgan fingerprint density at radius 1 is 0.935 bits per heavy atom. The van der Waals surface area contributed by atoms with Gasteiger partial charge in [-0.25, -0.2) is 4.98 Å². The minimum absolute atomic E-state index is 0. The van der Waals surface area contributed by atoms with Crippen LogP contribution in [0.1, 0.15) is 37.8 Å². The van der Waals surface area contributed by atoms with Gasteiger partial charge in [0.25, 0.3) is 0 Å².